The molecule has 0 bridgehead atoms. The van der Waals surface area contributed by atoms with Crippen LogP contribution in [0.1, 0.15) is 5.56 Å². The van der Waals surface area contributed by atoms with E-state index < -0.39 is 0 Å². The summed E-state index contributed by atoms with van der Waals surface area (Å²) in [6.45, 7) is 2.76. The van der Waals surface area contributed by atoms with Crippen LogP contribution in [0.5, 0.6) is 5.75 Å². The summed E-state index contributed by atoms with van der Waals surface area (Å²) in [6.07, 6.45) is 1.33. The molecule has 1 aliphatic heterocycles. The van der Waals surface area contributed by atoms with Crippen molar-refractivity contribution in [3.63, 3.8) is 0 Å². The minimum absolute atomic E-state index is 0.0000232. The van der Waals surface area contributed by atoms with Crippen LogP contribution in [0, 0.1) is 5.41 Å². The smallest absolute Gasteiger partial charge is 0.260 e. The fourth-order valence-electron chi connectivity index (χ4n) is 3.68. The molecule has 4 rings (SSSR count). The summed E-state index contributed by atoms with van der Waals surface area (Å²) in [6, 6.07) is 19.2. The Morgan fingerprint density at radius 1 is 0.966 bits per heavy atom. The largest absolute Gasteiger partial charge is 0.483 e. The lowest BCUT2D eigenvalue weighted by Crippen LogP contribution is -2.50. The van der Waals surface area contributed by atoms with E-state index in [1.165, 1.54) is 6.21 Å². The van der Waals surface area contributed by atoms with Gasteiger partial charge in [0.15, 0.2) is 6.61 Å². The van der Waals surface area contributed by atoms with E-state index in [-0.39, 0.29) is 12.5 Å². The molecule has 1 fully saturated rings. The monoisotopic (exact) mass is 407 g/mol. The highest BCUT2D eigenvalue weighted by Gasteiger charge is 2.22. The predicted octanol–water partition coefficient (Wildman–Crippen LogP) is 4.22. The number of hydrogen-bond acceptors (Lipinski definition) is 4. The molecule has 0 spiro atoms. The molecule has 0 saturated carbocycles. The van der Waals surface area contributed by atoms with Crippen molar-refractivity contribution in [1.29, 1.82) is 5.41 Å². The molecule has 0 aliphatic carbocycles. The third kappa shape index (κ3) is 4.05. The van der Waals surface area contributed by atoms with Crippen LogP contribution in [0.25, 0.3) is 10.8 Å². The minimum Gasteiger partial charge on any atom is -0.483 e. The molecule has 3 aromatic rings. The summed E-state index contributed by atoms with van der Waals surface area (Å²) in [7, 11) is 0. The van der Waals surface area contributed by atoms with Gasteiger partial charge in [-0.3, -0.25) is 4.79 Å². The molecule has 0 unspecified atom stereocenters. The Hall–Kier alpha value is -3.05. The van der Waals surface area contributed by atoms with E-state index in [2.05, 4.69) is 4.90 Å². The molecule has 3 aromatic carbocycles. The van der Waals surface area contributed by atoms with E-state index in [1.807, 2.05) is 65.6 Å². The van der Waals surface area contributed by atoms with Crippen molar-refractivity contribution in [2.75, 3.05) is 37.7 Å². The van der Waals surface area contributed by atoms with Gasteiger partial charge >= 0.3 is 0 Å². The molecule has 0 radical (unpaired) electrons. The number of benzene rings is 3. The number of halogens is 1. The molecule has 1 N–H and O–H groups in total. The molecule has 6 heteroatoms. The first-order valence-corrected chi connectivity index (χ1v) is 9.97. The number of nitrogens with one attached hydrogen (secondary N) is 1. The zero-order valence-electron chi connectivity index (χ0n) is 16.0. The quantitative estimate of drug-likeness (QED) is 0.644. The molecular formula is C23H22ClN3O2. The van der Waals surface area contributed by atoms with Crippen molar-refractivity contribution >= 4 is 40.2 Å². The van der Waals surface area contributed by atoms with Gasteiger partial charge < -0.3 is 19.9 Å². The second-order valence-electron chi connectivity index (χ2n) is 6.95. The maximum atomic E-state index is 12.7. The zero-order valence-corrected chi connectivity index (χ0v) is 16.7. The van der Waals surface area contributed by atoms with Crippen LogP contribution in [0.2, 0.25) is 5.02 Å². The lowest BCUT2D eigenvalue weighted by Gasteiger charge is -2.36. The Labute approximate surface area is 175 Å². The van der Waals surface area contributed by atoms with E-state index in [0.717, 1.165) is 40.1 Å². The van der Waals surface area contributed by atoms with Crippen LogP contribution in [-0.4, -0.2) is 49.8 Å². The molecule has 0 atom stereocenters. The summed E-state index contributed by atoms with van der Waals surface area (Å²) in [4.78, 5) is 16.7. The van der Waals surface area contributed by atoms with Crippen molar-refractivity contribution in [3.8, 4) is 5.75 Å². The topological polar surface area (TPSA) is 56.6 Å². The number of rotatable bonds is 5. The Morgan fingerprint density at radius 2 is 1.66 bits per heavy atom. The van der Waals surface area contributed by atoms with Gasteiger partial charge in [0.1, 0.15) is 5.75 Å². The second kappa shape index (κ2) is 8.53. The number of nitrogens with zero attached hydrogens (tertiary/aromatic N) is 2. The van der Waals surface area contributed by atoms with E-state index in [1.54, 1.807) is 0 Å². The maximum Gasteiger partial charge on any atom is 0.260 e. The molecule has 1 heterocycles. The van der Waals surface area contributed by atoms with Crippen LogP contribution in [0.3, 0.4) is 0 Å². The van der Waals surface area contributed by atoms with Gasteiger partial charge in [-0.1, -0.05) is 48.0 Å². The minimum atomic E-state index is -0.0241. The summed E-state index contributed by atoms with van der Waals surface area (Å²) < 4.78 is 5.86. The lowest BCUT2D eigenvalue weighted by molar-refractivity contribution is -0.133. The van der Waals surface area contributed by atoms with Gasteiger partial charge in [0.25, 0.3) is 5.91 Å². The lowest BCUT2D eigenvalue weighted by atomic mass is 10.0. The van der Waals surface area contributed by atoms with E-state index >= 15 is 0 Å². The molecule has 29 heavy (non-hydrogen) atoms. The van der Waals surface area contributed by atoms with Gasteiger partial charge in [-0.05, 0) is 29.7 Å². The van der Waals surface area contributed by atoms with Gasteiger partial charge in [0, 0.05) is 43.3 Å². The van der Waals surface area contributed by atoms with Crippen molar-refractivity contribution < 1.29 is 9.53 Å². The first-order chi connectivity index (χ1) is 14.2. The number of piperazine rings is 1. The third-order valence-corrected chi connectivity index (χ3v) is 5.57. The Morgan fingerprint density at radius 3 is 2.38 bits per heavy atom. The molecule has 0 aromatic heterocycles. The first kappa shape index (κ1) is 19.3. The fourth-order valence-corrected chi connectivity index (χ4v) is 3.94. The first-order valence-electron chi connectivity index (χ1n) is 9.59. The number of carbonyl (C=O) groups is 1. The van der Waals surface area contributed by atoms with Crippen LogP contribution in [0.4, 0.5) is 5.69 Å². The number of carbonyl (C=O) groups excluding carboxylic acids is 1. The molecular weight excluding hydrogens is 386 g/mol. The highest BCUT2D eigenvalue weighted by molar-refractivity contribution is 6.33. The molecule has 1 amide bonds. The second-order valence-corrected chi connectivity index (χ2v) is 7.36. The third-order valence-electron chi connectivity index (χ3n) is 5.25. The average Bonchev–Trinajstić information content (AvgIpc) is 2.77. The highest BCUT2D eigenvalue weighted by atomic mass is 35.5. The van der Waals surface area contributed by atoms with Crippen LogP contribution in [0.15, 0.2) is 60.7 Å². The number of anilines is 1. The van der Waals surface area contributed by atoms with Crippen LogP contribution >= 0.6 is 11.6 Å². The van der Waals surface area contributed by atoms with E-state index in [9.17, 15) is 4.79 Å². The Kier molecular flexibility index (Phi) is 5.67. The summed E-state index contributed by atoms with van der Waals surface area (Å²) in [5, 5.41) is 10.1. The van der Waals surface area contributed by atoms with E-state index in [4.69, 9.17) is 21.7 Å². The normalized spacial score (nSPS) is 14.1. The summed E-state index contributed by atoms with van der Waals surface area (Å²) in [5.74, 6) is 0.637. The van der Waals surface area contributed by atoms with Crippen molar-refractivity contribution in [2.24, 2.45) is 0 Å². The fraction of sp³-hybridized carbons (Fsp3) is 0.217. The molecule has 1 saturated heterocycles. The highest BCUT2D eigenvalue weighted by Crippen LogP contribution is 2.28. The number of amides is 1. The van der Waals surface area contributed by atoms with Crippen molar-refractivity contribution in [1.82, 2.24) is 4.90 Å². The number of hydrogen-bond donors (Lipinski definition) is 1. The van der Waals surface area contributed by atoms with Crippen molar-refractivity contribution in [2.45, 2.75) is 0 Å². The predicted molar refractivity (Wildman–Crippen MR) is 118 cm³/mol. The Balaban J connectivity index is 1.38. The van der Waals surface area contributed by atoms with Gasteiger partial charge in [-0.15, -0.1) is 0 Å². The SMILES string of the molecule is N=Cc1ccc(OCC(=O)N2CCN(c3ccccc3Cl)CC2)c2ccccc12. The average molecular weight is 408 g/mol. The number of ether oxygens (including phenoxy) is 1. The number of para-hydroxylation sites is 1. The summed E-state index contributed by atoms with van der Waals surface area (Å²) >= 11 is 6.29. The molecule has 148 valence electrons. The van der Waals surface area contributed by atoms with Gasteiger partial charge in [0.2, 0.25) is 0 Å². The zero-order chi connectivity index (χ0) is 20.2. The molecule has 1 aliphatic rings. The number of fused-ring (bicyclic) bond motifs is 1. The molecule has 5 nitrogen and oxygen atoms in total. The summed E-state index contributed by atoms with van der Waals surface area (Å²) in [5.41, 5.74) is 1.84. The van der Waals surface area contributed by atoms with Crippen LogP contribution < -0.4 is 9.64 Å². The van der Waals surface area contributed by atoms with E-state index in [0.29, 0.717) is 18.8 Å². The van der Waals surface area contributed by atoms with Gasteiger partial charge in [-0.2, -0.15) is 0 Å². The van der Waals surface area contributed by atoms with Gasteiger partial charge in [-0.25, -0.2) is 0 Å². The Bertz CT molecular complexity index is 1050. The maximum absolute atomic E-state index is 12.7. The van der Waals surface area contributed by atoms with Gasteiger partial charge in [0.05, 0.1) is 10.7 Å². The van der Waals surface area contributed by atoms with Crippen LogP contribution in [-0.2, 0) is 4.79 Å². The standard InChI is InChI=1S/C23H22ClN3O2/c24-20-7-3-4-8-21(20)26-11-13-27(14-12-26)23(28)16-29-22-10-9-17(15-25)18-5-1-2-6-19(18)22/h1-10,15,25H,11-14,16H2. The van der Waals surface area contributed by atoms with Crippen molar-refractivity contribution in [3.05, 3.63) is 71.2 Å².